The van der Waals surface area contributed by atoms with Gasteiger partial charge in [-0.3, -0.25) is 0 Å². The molecule has 2 heterocycles. The van der Waals surface area contributed by atoms with E-state index in [0.717, 1.165) is 6.42 Å². The van der Waals surface area contributed by atoms with Crippen LogP contribution >= 0.6 is 34.2 Å². The largest absolute Gasteiger partial charge is 0.414 e. The first kappa shape index (κ1) is 15.7. The molecule has 0 saturated carbocycles. The van der Waals surface area contributed by atoms with Crippen LogP contribution in [0.2, 0.25) is 5.02 Å². The molecule has 2 aromatic rings. The van der Waals surface area contributed by atoms with Gasteiger partial charge in [-0.05, 0) is 40.5 Å². The molecule has 22 heavy (non-hydrogen) atoms. The normalized spacial score (nSPS) is 17.7. The van der Waals surface area contributed by atoms with E-state index in [2.05, 4.69) is 10.3 Å². The van der Waals surface area contributed by atoms with E-state index in [1.165, 1.54) is 6.20 Å². The highest BCUT2D eigenvalue weighted by atomic mass is 127. The molecule has 1 saturated heterocycles. The molecule has 1 aliphatic heterocycles. The molecular weight excluding hydrogens is 426 g/mol. The second kappa shape index (κ2) is 6.51. The minimum absolute atomic E-state index is 0.00788. The van der Waals surface area contributed by atoms with Crippen LogP contribution in [-0.4, -0.2) is 30.3 Å². The fourth-order valence-electron chi connectivity index (χ4n) is 2.17. The van der Waals surface area contributed by atoms with Crippen LogP contribution in [0.15, 0.2) is 18.3 Å². The first-order valence-electron chi connectivity index (χ1n) is 6.54. The van der Waals surface area contributed by atoms with Crippen molar-refractivity contribution in [2.45, 2.75) is 12.5 Å². The van der Waals surface area contributed by atoms with Crippen molar-refractivity contribution < 1.29 is 18.7 Å². The van der Waals surface area contributed by atoms with E-state index in [9.17, 15) is 9.18 Å². The van der Waals surface area contributed by atoms with E-state index in [0.29, 0.717) is 27.6 Å². The fraction of sp³-hybridized carbons (Fsp3) is 0.286. The maximum atomic E-state index is 13.7. The van der Waals surface area contributed by atoms with Gasteiger partial charge in [0.1, 0.15) is 0 Å². The molecule has 0 bridgehead atoms. The van der Waals surface area contributed by atoms with Gasteiger partial charge in [-0.1, -0.05) is 11.6 Å². The molecule has 1 fully saturated rings. The lowest BCUT2D eigenvalue weighted by molar-refractivity contribution is 0.177. The maximum absolute atomic E-state index is 13.7. The molecule has 1 aliphatic rings. The number of aromatic nitrogens is 1. The zero-order valence-electron chi connectivity index (χ0n) is 11.2. The van der Waals surface area contributed by atoms with Crippen LogP contribution in [0.25, 0.3) is 10.8 Å². The number of fused-ring (bicyclic) bond motifs is 1. The Morgan fingerprint density at radius 3 is 3.09 bits per heavy atom. The summed E-state index contributed by atoms with van der Waals surface area (Å²) in [5.41, 5.74) is 0. The van der Waals surface area contributed by atoms with Gasteiger partial charge in [-0.2, -0.15) is 0 Å². The lowest BCUT2D eigenvalue weighted by Gasteiger charge is -2.11. The van der Waals surface area contributed by atoms with Gasteiger partial charge in [0.05, 0.1) is 21.2 Å². The van der Waals surface area contributed by atoms with Crippen LogP contribution in [-0.2, 0) is 4.74 Å². The van der Waals surface area contributed by atoms with Gasteiger partial charge in [-0.15, -0.1) is 0 Å². The fourth-order valence-corrected chi connectivity index (χ4v) is 3.20. The van der Waals surface area contributed by atoms with Crippen LogP contribution in [0.5, 0.6) is 5.88 Å². The van der Waals surface area contributed by atoms with Crippen molar-refractivity contribution in [2.75, 3.05) is 13.2 Å². The number of benzene rings is 1. The maximum Gasteiger partial charge on any atom is 0.414 e. The smallest absolute Gasteiger partial charge is 0.391 e. The number of rotatable bonds is 2. The summed E-state index contributed by atoms with van der Waals surface area (Å²) >= 11 is 7.80. The third-order valence-corrected chi connectivity index (χ3v) is 4.44. The summed E-state index contributed by atoms with van der Waals surface area (Å²) in [6, 6.07) is 3.12. The Hall–Kier alpha value is -1.19. The van der Waals surface area contributed by atoms with Gasteiger partial charge in [0, 0.05) is 24.3 Å². The monoisotopic (exact) mass is 436 g/mol. The molecule has 1 N–H and O–H groups in total. The van der Waals surface area contributed by atoms with Crippen molar-refractivity contribution >= 4 is 51.1 Å². The Kier molecular flexibility index (Phi) is 4.65. The van der Waals surface area contributed by atoms with Gasteiger partial charge in [-0.25, -0.2) is 14.2 Å². The van der Waals surface area contributed by atoms with Crippen molar-refractivity contribution in [3.8, 4) is 5.88 Å². The summed E-state index contributed by atoms with van der Waals surface area (Å²) < 4.78 is 24.4. The number of nitrogens with one attached hydrogen (secondary N) is 1. The summed E-state index contributed by atoms with van der Waals surface area (Å²) in [6.45, 7) is 1.11. The van der Waals surface area contributed by atoms with E-state index >= 15 is 0 Å². The first-order valence-corrected chi connectivity index (χ1v) is 7.99. The molecule has 0 radical (unpaired) electrons. The van der Waals surface area contributed by atoms with E-state index in [-0.39, 0.29) is 16.9 Å². The number of halogens is 3. The zero-order valence-corrected chi connectivity index (χ0v) is 14.2. The van der Waals surface area contributed by atoms with Gasteiger partial charge < -0.3 is 14.8 Å². The summed E-state index contributed by atoms with van der Waals surface area (Å²) in [6.07, 6.45) is 1.55. The number of nitrogens with zero attached hydrogens (tertiary/aromatic N) is 1. The van der Waals surface area contributed by atoms with Crippen molar-refractivity contribution in [3.05, 3.63) is 32.7 Å². The van der Waals surface area contributed by atoms with Crippen LogP contribution in [0.4, 0.5) is 9.18 Å². The molecule has 1 aromatic carbocycles. The number of carbonyl (C=O) groups is 1. The molecule has 3 rings (SSSR count). The predicted molar refractivity (Wildman–Crippen MR) is 87.8 cm³/mol. The van der Waals surface area contributed by atoms with E-state index in [1.54, 1.807) is 12.1 Å². The molecule has 116 valence electrons. The molecule has 5 nitrogen and oxygen atoms in total. The number of hydrogen-bond acceptors (Lipinski definition) is 4. The summed E-state index contributed by atoms with van der Waals surface area (Å²) in [5.74, 6) is -0.355. The van der Waals surface area contributed by atoms with Crippen LogP contribution < -0.4 is 10.1 Å². The van der Waals surface area contributed by atoms with Gasteiger partial charge >= 0.3 is 6.09 Å². The number of hydrogen-bond donors (Lipinski definition) is 1. The Balaban J connectivity index is 1.79. The summed E-state index contributed by atoms with van der Waals surface area (Å²) in [4.78, 5) is 15.8. The first-order chi connectivity index (χ1) is 10.5. The predicted octanol–water partition coefficient (Wildman–Crippen LogP) is 3.51. The van der Waals surface area contributed by atoms with Gasteiger partial charge in [0.2, 0.25) is 5.88 Å². The number of pyridine rings is 1. The van der Waals surface area contributed by atoms with Crippen molar-refractivity contribution in [2.24, 2.45) is 0 Å². The molecule has 1 amide bonds. The van der Waals surface area contributed by atoms with Crippen LogP contribution in [0.3, 0.4) is 0 Å². The van der Waals surface area contributed by atoms with E-state index in [4.69, 9.17) is 21.1 Å². The highest BCUT2D eigenvalue weighted by Crippen LogP contribution is 2.31. The Morgan fingerprint density at radius 2 is 2.36 bits per heavy atom. The minimum Gasteiger partial charge on any atom is -0.391 e. The van der Waals surface area contributed by atoms with Crippen LogP contribution in [0.1, 0.15) is 6.42 Å². The Bertz CT molecular complexity index is 738. The second-order valence-electron chi connectivity index (χ2n) is 4.82. The minimum atomic E-state index is -0.592. The van der Waals surface area contributed by atoms with Gasteiger partial charge in [0.15, 0.2) is 5.82 Å². The van der Waals surface area contributed by atoms with E-state index in [1.807, 2.05) is 22.6 Å². The molecule has 1 aromatic heterocycles. The highest BCUT2D eigenvalue weighted by Gasteiger charge is 2.19. The standard InChI is InChI=1S/C14H11ClFIN2O3/c15-12-9-5-18-11(4-7(9)3-10(17)13(12)16)22-14(20)19-8-1-2-21-6-8/h3-5,8H,1-2,6H2,(H,19,20)/t8-/m1/s1. The molecule has 0 aliphatic carbocycles. The zero-order chi connectivity index (χ0) is 15.7. The summed E-state index contributed by atoms with van der Waals surface area (Å²) in [5, 5.41) is 3.82. The average molecular weight is 437 g/mol. The lowest BCUT2D eigenvalue weighted by atomic mass is 10.2. The number of ether oxygens (including phenoxy) is 2. The Morgan fingerprint density at radius 1 is 1.55 bits per heavy atom. The summed E-state index contributed by atoms with van der Waals surface area (Å²) in [7, 11) is 0. The van der Waals surface area contributed by atoms with E-state index < -0.39 is 11.9 Å². The van der Waals surface area contributed by atoms with Crippen molar-refractivity contribution in [1.29, 1.82) is 0 Å². The number of carbonyl (C=O) groups excluding carboxylic acids is 1. The van der Waals surface area contributed by atoms with Gasteiger partial charge in [0.25, 0.3) is 0 Å². The van der Waals surface area contributed by atoms with Crippen LogP contribution in [0, 0.1) is 9.39 Å². The second-order valence-corrected chi connectivity index (χ2v) is 6.36. The SMILES string of the molecule is O=C(N[C@@H]1CCOC1)Oc1cc2cc(I)c(F)c(Cl)c2cn1. The molecule has 1 atom stereocenters. The quantitative estimate of drug-likeness (QED) is 0.578. The Labute approximate surface area is 144 Å². The number of amides is 1. The van der Waals surface area contributed by atoms with Crippen molar-refractivity contribution in [1.82, 2.24) is 10.3 Å². The molecule has 0 spiro atoms. The molecule has 8 heteroatoms. The third kappa shape index (κ3) is 3.26. The highest BCUT2D eigenvalue weighted by molar-refractivity contribution is 14.1. The topological polar surface area (TPSA) is 60.5 Å². The lowest BCUT2D eigenvalue weighted by Crippen LogP contribution is -2.37. The average Bonchev–Trinajstić information content (AvgIpc) is 2.97. The van der Waals surface area contributed by atoms with Crippen molar-refractivity contribution in [3.63, 3.8) is 0 Å². The molecular formula is C14H11ClFIN2O3. The third-order valence-electron chi connectivity index (χ3n) is 3.28. The molecule has 0 unspecified atom stereocenters.